The fraction of sp³-hybridized carbons (Fsp3) is 0.222. The maximum absolute atomic E-state index is 5.30. The molecule has 3 atom stereocenters. The van der Waals surface area contributed by atoms with Crippen LogP contribution in [0.2, 0.25) is 0 Å². The van der Waals surface area contributed by atoms with Gasteiger partial charge in [0.25, 0.3) is 0 Å². The van der Waals surface area contributed by atoms with Gasteiger partial charge in [-0.3, -0.25) is 4.98 Å². The summed E-state index contributed by atoms with van der Waals surface area (Å²) in [6, 6.07) is 77.6. The molecular formula is C72H63N3Pt-2. The molecule has 0 radical (unpaired) electrons. The van der Waals surface area contributed by atoms with Crippen molar-refractivity contribution in [3.8, 4) is 33.4 Å². The first-order valence-electron chi connectivity index (χ1n) is 26.7. The normalized spacial score (nSPS) is 19.0. The molecule has 3 aliphatic carbocycles. The van der Waals surface area contributed by atoms with Gasteiger partial charge in [-0.2, -0.15) is 48.5 Å². The van der Waals surface area contributed by atoms with Crippen molar-refractivity contribution in [3.63, 3.8) is 0 Å². The van der Waals surface area contributed by atoms with Crippen LogP contribution in [0.3, 0.4) is 0 Å². The monoisotopic (exact) mass is 1160 g/mol. The summed E-state index contributed by atoms with van der Waals surface area (Å²) >= 11 is 0. The van der Waals surface area contributed by atoms with E-state index in [2.05, 4.69) is 281 Å². The van der Waals surface area contributed by atoms with Gasteiger partial charge in [-0.1, -0.05) is 196 Å². The Morgan fingerprint density at radius 1 is 0.408 bits per heavy atom. The van der Waals surface area contributed by atoms with Crippen LogP contribution in [0.15, 0.2) is 201 Å². The number of pyridine rings is 1. The van der Waals surface area contributed by atoms with E-state index in [-0.39, 0.29) is 37.3 Å². The first-order chi connectivity index (χ1) is 36.0. The first kappa shape index (κ1) is 49.7. The molecule has 0 saturated carbocycles. The van der Waals surface area contributed by atoms with Crippen LogP contribution in [0, 0.1) is 18.5 Å². The summed E-state index contributed by atoms with van der Waals surface area (Å²) in [5.74, 6) is 0. The van der Waals surface area contributed by atoms with Crippen molar-refractivity contribution in [1.82, 2.24) is 9.55 Å². The Morgan fingerprint density at radius 2 is 0.803 bits per heavy atom. The molecule has 2 heterocycles. The van der Waals surface area contributed by atoms with Crippen molar-refractivity contribution in [2.45, 2.75) is 94.9 Å². The molecule has 0 fully saturated rings. The average molecular weight is 1170 g/mol. The maximum atomic E-state index is 5.30. The molecule has 0 amide bonds. The third-order valence-electron chi connectivity index (χ3n) is 17.0. The van der Waals surface area contributed by atoms with Crippen LogP contribution in [0.25, 0.3) is 33.4 Å². The van der Waals surface area contributed by atoms with Crippen LogP contribution in [-0.2, 0) is 60.7 Å². The van der Waals surface area contributed by atoms with Crippen molar-refractivity contribution in [2.24, 2.45) is 7.05 Å². The SMILES string of the molecule is C[n+]1[c-]n(C2(c3[c-]c(C4(c5[c-]c(C6(c7ccccn7)c7ccccc7-c7cc(C(C)(C)C)ccc76)ccc5)c5ccccc5-c5cc(C(C)(C)C)ccc54)ccc3)c3ccccc3-c3cc(C(C)(C)C)ccc32)cc1.[Pt]. The molecule has 0 N–H and O–H groups in total. The number of aryl methyl sites for hydroxylation is 1. The topological polar surface area (TPSA) is 21.7 Å². The Kier molecular flexibility index (Phi) is 11.4. The Morgan fingerprint density at radius 3 is 1.30 bits per heavy atom. The van der Waals surface area contributed by atoms with Gasteiger partial charge in [-0.05, 0) is 113 Å². The van der Waals surface area contributed by atoms with E-state index in [1.807, 2.05) is 16.8 Å². The number of hydrogen-bond acceptors (Lipinski definition) is 1. The quantitative estimate of drug-likeness (QED) is 0.120. The van der Waals surface area contributed by atoms with E-state index < -0.39 is 16.4 Å². The molecule has 0 aliphatic heterocycles. The Labute approximate surface area is 464 Å². The van der Waals surface area contributed by atoms with Crippen molar-refractivity contribution >= 4 is 0 Å². The molecule has 0 saturated heterocycles. The van der Waals surface area contributed by atoms with Gasteiger partial charge in [0.2, 0.25) is 6.33 Å². The molecule has 378 valence electrons. The van der Waals surface area contributed by atoms with Crippen LogP contribution in [-0.4, -0.2) is 9.55 Å². The fourth-order valence-electron chi connectivity index (χ4n) is 13.3. The van der Waals surface area contributed by atoms with E-state index in [9.17, 15) is 0 Å². The minimum Gasteiger partial charge on any atom is -0.354 e. The number of fused-ring (bicyclic) bond motifs is 9. The Bertz CT molecular complexity index is 3930. The first-order valence-corrected chi connectivity index (χ1v) is 26.7. The minimum absolute atomic E-state index is 0. The molecule has 10 aromatic rings. The summed E-state index contributed by atoms with van der Waals surface area (Å²) in [4.78, 5) is 5.30. The van der Waals surface area contributed by atoms with Gasteiger partial charge in [0, 0.05) is 43.8 Å². The number of hydrogen-bond donors (Lipinski definition) is 0. The van der Waals surface area contributed by atoms with Gasteiger partial charge in [-0.25, -0.2) is 0 Å². The van der Waals surface area contributed by atoms with Crippen LogP contribution < -0.4 is 4.57 Å². The second kappa shape index (κ2) is 17.4. The van der Waals surface area contributed by atoms with Gasteiger partial charge < -0.3 is 9.13 Å². The van der Waals surface area contributed by atoms with E-state index >= 15 is 0 Å². The summed E-state index contributed by atoms with van der Waals surface area (Å²) in [5, 5.41) is 0. The zero-order valence-corrected chi connectivity index (χ0v) is 47.5. The van der Waals surface area contributed by atoms with Crippen molar-refractivity contribution in [1.29, 1.82) is 0 Å². The third kappa shape index (κ3) is 6.97. The Balaban J connectivity index is 0.00000582. The number of rotatable bonds is 6. The molecule has 4 heteroatoms. The predicted molar refractivity (Wildman–Crippen MR) is 304 cm³/mol. The summed E-state index contributed by atoms with van der Waals surface area (Å²) in [5.41, 5.74) is 21.3. The average Bonchev–Trinajstić information content (AvgIpc) is 4.14. The van der Waals surface area contributed by atoms with Gasteiger partial charge in [0.05, 0.1) is 18.2 Å². The van der Waals surface area contributed by atoms with Crippen LogP contribution in [0.1, 0.15) is 140 Å². The maximum Gasteiger partial charge on any atom is 0.204 e. The van der Waals surface area contributed by atoms with Gasteiger partial charge in [0.15, 0.2) is 0 Å². The molecule has 0 spiro atoms. The standard InChI is InChI=1S/C72H63N3.Pt/c1-67(2,3)47-32-35-62-57(43-47)54-25-11-14-28-60(54)70(62,50-21-19-23-52(41-50)71(66-31-17-18-38-73-66)61-29-15-12-26-55(61)58-44-48(68(4,5)6)33-36-63(58)71)51-22-20-24-53(42-51)72(75-40-39-74(10)46-75)64-30-16-13-27-56(64)59-45-49(69(7,8)9)34-37-65(59)72;/h11-40,43-45H,1-10H3;/q-2;. The molecule has 3 aliphatic rings. The number of imidazole rings is 1. The summed E-state index contributed by atoms with van der Waals surface area (Å²) in [6.45, 7) is 20.8. The molecular weight excluding hydrogens is 1100 g/mol. The fourth-order valence-corrected chi connectivity index (χ4v) is 13.3. The smallest absolute Gasteiger partial charge is 0.204 e. The number of nitrogens with zero attached hydrogens (tertiary/aromatic N) is 3. The molecule has 2 aromatic heterocycles. The van der Waals surface area contributed by atoms with Gasteiger partial charge >= 0.3 is 0 Å². The van der Waals surface area contributed by atoms with E-state index in [1.165, 1.54) is 83.5 Å². The summed E-state index contributed by atoms with van der Waals surface area (Å²) < 4.78 is 4.33. The van der Waals surface area contributed by atoms with Crippen LogP contribution in [0.4, 0.5) is 0 Å². The third-order valence-corrected chi connectivity index (χ3v) is 17.0. The van der Waals surface area contributed by atoms with Gasteiger partial charge in [0.1, 0.15) is 5.54 Å². The second-order valence-electron chi connectivity index (χ2n) is 24.4. The molecule has 0 bridgehead atoms. The molecule has 3 nitrogen and oxygen atoms in total. The Hall–Kier alpha value is -7.19. The largest absolute Gasteiger partial charge is 0.354 e. The molecule has 8 aromatic carbocycles. The summed E-state index contributed by atoms with van der Waals surface area (Å²) in [7, 11) is 2.06. The molecule has 13 rings (SSSR count). The van der Waals surface area contributed by atoms with Crippen molar-refractivity contribution < 1.29 is 25.6 Å². The summed E-state index contributed by atoms with van der Waals surface area (Å²) in [6.07, 6.45) is 9.99. The van der Waals surface area contributed by atoms with Crippen LogP contribution >= 0.6 is 0 Å². The van der Waals surface area contributed by atoms with E-state index in [4.69, 9.17) is 4.98 Å². The van der Waals surface area contributed by atoms with Crippen molar-refractivity contribution in [3.05, 3.63) is 297 Å². The molecule has 76 heavy (non-hydrogen) atoms. The predicted octanol–water partition coefficient (Wildman–Crippen LogP) is 15.5. The van der Waals surface area contributed by atoms with E-state index in [1.54, 1.807) is 0 Å². The van der Waals surface area contributed by atoms with Gasteiger partial charge in [-0.15, -0.1) is 22.3 Å². The zero-order chi connectivity index (χ0) is 51.9. The van der Waals surface area contributed by atoms with E-state index in [0.717, 1.165) is 27.9 Å². The number of benzene rings is 8. The molecule has 3 unspecified atom stereocenters. The van der Waals surface area contributed by atoms with E-state index in [0.29, 0.717) is 0 Å². The zero-order valence-electron chi connectivity index (χ0n) is 45.2. The van der Waals surface area contributed by atoms with Crippen molar-refractivity contribution in [2.75, 3.05) is 0 Å². The second-order valence-corrected chi connectivity index (χ2v) is 24.4. The number of aromatic nitrogens is 3. The van der Waals surface area contributed by atoms with Crippen LogP contribution in [0.5, 0.6) is 0 Å². The minimum atomic E-state index is -0.847.